The topological polar surface area (TPSA) is 77.5 Å². The number of esters is 1. The van der Waals surface area contributed by atoms with Crippen LogP contribution in [0.15, 0.2) is 72.8 Å². The van der Waals surface area contributed by atoms with E-state index in [4.69, 9.17) is 18.9 Å². The van der Waals surface area contributed by atoms with Gasteiger partial charge in [0.2, 0.25) is 0 Å². The Morgan fingerprint density at radius 3 is 2.37 bits per heavy atom. The van der Waals surface area contributed by atoms with E-state index in [0.29, 0.717) is 18.1 Å². The summed E-state index contributed by atoms with van der Waals surface area (Å²) in [6.07, 6.45) is 1.62. The number of amides is 1. The number of rotatable bonds is 11. The summed E-state index contributed by atoms with van der Waals surface area (Å²) in [6.45, 7) is 4.31. The van der Waals surface area contributed by atoms with Crippen molar-refractivity contribution < 1.29 is 28.5 Å². The number of methoxy groups -OCH3 is 1. The summed E-state index contributed by atoms with van der Waals surface area (Å²) in [5.41, 5.74) is 3.51. The molecule has 0 unspecified atom stereocenters. The van der Waals surface area contributed by atoms with Gasteiger partial charge in [0, 0.05) is 18.8 Å². The second kappa shape index (κ2) is 13.4. The van der Waals surface area contributed by atoms with Crippen LogP contribution in [0.25, 0.3) is 0 Å². The highest BCUT2D eigenvalue weighted by Gasteiger charge is 2.21. The van der Waals surface area contributed by atoms with Crippen molar-refractivity contribution in [2.24, 2.45) is 0 Å². The highest BCUT2D eigenvalue weighted by Crippen LogP contribution is 2.26. The van der Waals surface area contributed by atoms with Crippen molar-refractivity contribution in [3.63, 3.8) is 0 Å². The van der Waals surface area contributed by atoms with Crippen molar-refractivity contribution >= 4 is 17.7 Å². The third-order valence-corrected chi connectivity index (χ3v) is 6.28. The average molecular weight is 519 g/mol. The number of hydrogen-bond donors (Lipinski definition) is 0. The molecule has 200 valence electrons. The normalized spacial score (nSPS) is 12.3. The van der Waals surface area contributed by atoms with Crippen LogP contribution in [0.4, 0.5) is 10.5 Å². The second-order valence-electron chi connectivity index (χ2n) is 8.92. The lowest BCUT2D eigenvalue weighted by Crippen LogP contribution is -2.38. The van der Waals surface area contributed by atoms with E-state index in [1.165, 1.54) is 16.2 Å². The lowest BCUT2D eigenvalue weighted by Gasteiger charge is -2.31. The van der Waals surface area contributed by atoms with Gasteiger partial charge in [0.15, 0.2) is 0 Å². The summed E-state index contributed by atoms with van der Waals surface area (Å²) in [5, 5.41) is 0. The van der Waals surface area contributed by atoms with Crippen molar-refractivity contribution in [2.75, 3.05) is 44.9 Å². The van der Waals surface area contributed by atoms with Crippen LogP contribution in [0, 0.1) is 0 Å². The van der Waals surface area contributed by atoms with Crippen molar-refractivity contribution in [3.05, 3.63) is 83.9 Å². The molecule has 0 spiro atoms. The number of hydrogen-bond acceptors (Lipinski definition) is 7. The Labute approximate surface area is 223 Å². The van der Waals surface area contributed by atoms with E-state index in [9.17, 15) is 9.59 Å². The van der Waals surface area contributed by atoms with Gasteiger partial charge in [-0.25, -0.2) is 4.79 Å². The summed E-state index contributed by atoms with van der Waals surface area (Å²) < 4.78 is 21.7. The molecule has 8 nitrogen and oxygen atoms in total. The van der Waals surface area contributed by atoms with Crippen molar-refractivity contribution in [1.82, 2.24) is 4.90 Å². The number of aryl methyl sites for hydroxylation is 1. The smallest absolute Gasteiger partial charge is 0.416 e. The number of nitrogens with zero attached hydrogens (tertiary/aromatic N) is 2. The second-order valence-corrected chi connectivity index (χ2v) is 8.92. The average Bonchev–Trinajstić information content (AvgIpc) is 2.94. The maximum Gasteiger partial charge on any atom is 0.416 e. The molecule has 3 aromatic rings. The van der Waals surface area contributed by atoms with Gasteiger partial charge in [0.1, 0.15) is 30.4 Å². The minimum absolute atomic E-state index is 0.179. The molecule has 4 rings (SSSR count). The molecule has 0 saturated heterocycles. The number of benzene rings is 3. The lowest BCUT2D eigenvalue weighted by atomic mass is 10.0. The van der Waals surface area contributed by atoms with Gasteiger partial charge < -0.3 is 23.8 Å². The number of carbonyl (C=O) groups excluding carboxylic acids is 2. The van der Waals surface area contributed by atoms with Crippen LogP contribution in [0.3, 0.4) is 0 Å². The molecule has 38 heavy (non-hydrogen) atoms. The Morgan fingerprint density at radius 2 is 1.63 bits per heavy atom. The summed E-state index contributed by atoms with van der Waals surface area (Å²) in [6, 6.07) is 22.7. The summed E-state index contributed by atoms with van der Waals surface area (Å²) in [4.78, 5) is 28.7. The van der Waals surface area contributed by atoms with E-state index < -0.39 is 12.1 Å². The molecule has 1 heterocycles. The Hall–Kier alpha value is -4.20. The molecule has 0 bridgehead atoms. The maximum absolute atomic E-state index is 12.9. The number of para-hydroxylation sites is 1. The fourth-order valence-corrected chi connectivity index (χ4v) is 4.39. The van der Waals surface area contributed by atoms with Crippen LogP contribution in [-0.4, -0.2) is 56.9 Å². The summed E-state index contributed by atoms with van der Waals surface area (Å²) in [7, 11) is 1.56. The first-order chi connectivity index (χ1) is 18.6. The van der Waals surface area contributed by atoms with E-state index in [-0.39, 0.29) is 19.7 Å². The Bertz CT molecular complexity index is 1200. The zero-order valence-corrected chi connectivity index (χ0v) is 21.9. The fraction of sp³-hybridized carbons (Fsp3) is 0.333. The molecule has 0 saturated carbocycles. The molecule has 1 aliphatic heterocycles. The lowest BCUT2D eigenvalue weighted by molar-refractivity contribution is -0.144. The first-order valence-corrected chi connectivity index (χ1v) is 12.9. The Kier molecular flexibility index (Phi) is 9.45. The van der Waals surface area contributed by atoms with Crippen LogP contribution in [0.2, 0.25) is 0 Å². The minimum Gasteiger partial charge on any atom is -0.497 e. The van der Waals surface area contributed by atoms with Crippen LogP contribution < -0.4 is 19.1 Å². The first kappa shape index (κ1) is 26.9. The zero-order valence-electron chi connectivity index (χ0n) is 21.9. The van der Waals surface area contributed by atoms with Crippen LogP contribution >= 0.6 is 0 Å². The number of ether oxygens (including phenoxy) is 4. The summed E-state index contributed by atoms with van der Waals surface area (Å²) >= 11 is 0. The molecule has 0 radical (unpaired) electrons. The highest BCUT2D eigenvalue weighted by atomic mass is 16.6. The monoisotopic (exact) mass is 518 g/mol. The van der Waals surface area contributed by atoms with Gasteiger partial charge in [0.25, 0.3) is 0 Å². The fourth-order valence-electron chi connectivity index (χ4n) is 4.39. The van der Waals surface area contributed by atoms with E-state index >= 15 is 0 Å². The van der Waals surface area contributed by atoms with Gasteiger partial charge in [-0.1, -0.05) is 30.3 Å². The Balaban J connectivity index is 1.33. The van der Waals surface area contributed by atoms with E-state index in [2.05, 4.69) is 29.2 Å². The number of fused-ring (bicyclic) bond motifs is 1. The van der Waals surface area contributed by atoms with Crippen LogP contribution in [0.5, 0.6) is 17.2 Å². The van der Waals surface area contributed by atoms with Gasteiger partial charge >= 0.3 is 12.1 Å². The van der Waals surface area contributed by atoms with Crippen molar-refractivity contribution in [3.8, 4) is 17.2 Å². The van der Waals surface area contributed by atoms with E-state index in [1.807, 2.05) is 24.3 Å². The third-order valence-electron chi connectivity index (χ3n) is 6.28. The molecule has 0 atom stereocenters. The maximum atomic E-state index is 12.9. The predicted molar refractivity (Wildman–Crippen MR) is 145 cm³/mol. The van der Waals surface area contributed by atoms with Gasteiger partial charge in [-0.05, 0) is 73.4 Å². The summed E-state index contributed by atoms with van der Waals surface area (Å²) in [5.74, 6) is 1.25. The van der Waals surface area contributed by atoms with Crippen molar-refractivity contribution in [2.45, 2.75) is 26.3 Å². The molecule has 0 aliphatic carbocycles. The number of carbonyl (C=O) groups is 2. The predicted octanol–water partition coefficient (Wildman–Crippen LogP) is 5.09. The minimum atomic E-state index is -0.648. The van der Waals surface area contributed by atoms with E-state index in [0.717, 1.165) is 37.2 Å². The molecule has 1 aliphatic rings. The first-order valence-electron chi connectivity index (χ1n) is 12.9. The van der Waals surface area contributed by atoms with Gasteiger partial charge in [-0.3, -0.25) is 9.69 Å². The van der Waals surface area contributed by atoms with Gasteiger partial charge in [0.05, 0.1) is 20.3 Å². The molecule has 0 aromatic heterocycles. The van der Waals surface area contributed by atoms with Crippen LogP contribution in [0.1, 0.15) is 24.5 Å². The third kappa shape index (κ3) is 7.41. The SMILES string of the molecule is CCOC(=O)CN(Cc1ccc(OCCN2CCCc3ccccc32)cc1)C(=O)Oc1ccc(OC)cc1. The standard InChI is InChI=1S/C30H34N2O6/c1-3-36-29(33)22-32(30(34)38-27-16-14-25(35-2)15-17-27)21-23-10-12-26(13-11-23)37-20-19-31-18-6-8-24-7-4-5-9-28(24)31/h4-5,7,9-17H,3,6,8,18-22H2,1-2H3. The molecule has 0 fully saturated rings. The molecule has 0 N–H and O–H groups in total. The number of anilines is 1. The molecule has 1 amide bonds. The largest absolute Gasteiger partial charge is 0.497 e. The zero-order chi connectivity index (χ0) is 26.7. The molecule has 3 aromatic carbocycles. The molecule has 8 heteroatoms. The van der Waals surface area contributed by atoms with Gasteiger partial charge in [-0.2, -0.15) is 0 Å². The van der Waals surface area contributed by atoms with Crippen LogP contribution in [-0.2, 0) is 22.5 Å². The van der Waals surface area contributed by atoms with E-state index in [1.54, 1.807) is 38.3 Å². The molecular formula is C30H34N2O6. The van der Waals surface area contributed by atoms with Crippen molar-refractivity contribution in [1.29, 1.82) is 0 Å². The highest BCUT2D eigenvalue weighted by molar-refractivity contribution is 5.79. The molecular weight excluding hydrogens is 484 g/mol. The van der Waals surface area contributed by atoms with Gasteiger partial charge in [-0.15, -0.1) is 0 Å². The Morgan fingerprint density at radius 1 is 0.921 bits per heavy atom. The quantitative estimate of drug-likeness (QED) is 0.327.